The van der Waals surface area contributed by atoms with Crippen LogP contribution in [0.15, 0.2) is 24.5 Å². The number of rotatable bonds is 3. The average molecular weight is 246 g/mol. The molecule has 0 aliphatic carbocycles. The van der Waals surface area contributed by atoms with E-state index in [1.807, 2.05) is 0 Å². The highest BCUT2D eigenvalue weighted by Gasteiger charge is 2.08. The quantitative estimate of drug-likeness (QED) is 0.837. The minimum atomic E-state index is -0.217. The Bertz CT molecular complexity index is 577. The molecular weight excluding hydrogens is 232 g/mol. The first-order valence-corrected chi connectivity index (χ1v) is 5.48. The number of phenols is 1. The molecule has 1 aromatic heterocycles. The summed E-state index contributed by atoms with van der Waals surface area (Å²) in [5.74, 6) is 0.518. The van der Waals surface area contributed by atoms with Crippen LogP contribution in [0.4, 0.5) is 0 Å². The van der Waals surface area contributed by atoms with Gasteiger partial charge >= 0.3 is 0 Å². The highest BCUT2D eigenvalue weighted by molar-refractivity contribution is 5.94. The van der Waals surface area contributed by atoms with Crippen molar-refractivity contribution >= 4 is 5.91 Å². The number of aromatic nitrogens is 3. The predicted molar refractivity (Wildman–Crippen MR) is 65.0 cm³/mol. The zero-order chi connectivity index (χ0) is 13.1. The van der Waals surface area contributed by atoms with E-state index in [9.17, 15) is 9.90 Å². The van der Waals surface area contributed by atoms with E-state index < -0.39 is 0 Å². The van der Waals surface area contributed by atoms with Crippen molar-refractivity contribution in [1.82, 2.24) is 20.1 Å². The third-order valence-corrected chi connectivity index (χ3v) is 2.51. The van der Waals surface area contributed by atoms with Crippen molar-refractivity contribution in [2.45, 2.75) is 13.5 Å². The van der Waals surface area contributed by atoms with Crippen molar-refractivity contribution in [1.29, 1.82) is 0 Å². The first-order valence-electron chi connectivity index (χ1n) is 5.48. The maximum Gasteiger partial charge on any atom is 0.251 e. The largest absolute Gasteiger partial charge is 0.508 e. The molecule has 0 aliphatic rings. The summed E-state index contributed by atoms with van der Waals surface area (Å²) in [7, 11) is 1.77. The third-order valence-electron chi connectivity index (χ3n) is 2.51. The number of aromatic hydroxyl groups is 1. The van der Waals surface area contributed by atoms with Crippen LogP contribution in [0.25, 0.3) is 0 Å². The zero-order valence-electron chi connectivity index (χ0n) is 10.2. The van der Waals surface area contributed by atoms with Gasteiger partial charge in [0.15, 0.2) is 5.82 Å². The molecule has 0 spiro atoms. The van der Waals surface area contributed by atoms with Crippen LogP contribution in [-0.4, -0.2) is 25.8 Å². The van der Waals surface area contributed by atoms with Crippen LogP contribution in [-0.2, 0) is 13.6 Å². The highest BCUT2D eigenvalue weighted by atomic mass is 16.3. The second kappa shape index (κ2) is 4.87. The minimum Gasteiger partial charge on any atom is -0.508 e. The molecule has 1 aromatic carbocycles. The molecule has 1 amide bonds. The molecule has 0 aliphatic heterocycles. The van der Waals surface area contributed by atoms with Gasteiger partial charge in [0.1, 0.15) is 12.1 Å². The summed E-state index contributed by atoms with van der Waals surface area (Å²) < 4.78 is 1.58. The van der Waals surface area contributed by atoms with Crippen LogP contribution in [0, 0.1) is 6.92 Å². The Morgan fingerprint density at radius 1 is 1.50 bits per heavy atom. The first kappa shape index (κ1) is 12.1. The Hall–Kier alpha value is -2.37. The molecular formula is C12H14N4O2. The molecule has 0 atom stereocenters. The molecule has 2 aromatic rings. The molecule has 0 radical (unpaired) electrons. The van der Waals surface area contributed by atoms with Gasteiger partial charge in [-0.1, -0.05) is 0 Å². The smallest absolute Gasteiger partial charge is 0.251 e. The van der Waals surface area contributed by atoms with E-state index in [1.165, 1.54) is 6.07 Å². The average Bonchev–Trinajstić information content (AvgIpc) is 2.75. The number of benzene rings is 1. The van der Waals surface area contributed by atoms with Crippen LogP contribution in [0.1, 0.15) is 21.7 Å². The molecule has 6 heteroatoms. The molecule has 0 bridgehead atoms. The molecule has 6 nitrogen and oxygen atoms in total. The van der Waals surface area contributed by atoms with Gasteiger partial charge in [-0.2, -0.15) is 5.10 Å². The fourth-order valence-electron chi connectivity index (χ4n) is 1.52. The third kappa shape index (κ3) is 2.65. The second-order valence-electron chi connectivity index (χ2n) is 4.02. The lowest BCUT2D eigenvalue weighted by molar-refractivity contribution is 0.0949. The van der Waals surface area contributed by atoms with E-state index >= 15 is 0 Å². The Balaban J connectivity index is 2.01. The summed E-state index contributed by atoms with van der Waals surface area (Å²) >= 11 is 0. The maximum absolute atomic E-state index is 11.8. The van der Waals surface area contributed by atoms with Gasteiger partial charge in [-0.05, 0) is 30.7 Å². The number of carbonyl (C=O) groups excluding carboxylic acids is 1. The maximum atomic E-state index is 11.8. The zero-order valence-corrected chi connectivity index (χ0v) is 10.2. The van der Waals surface area contributed by atoms with Crippen molar-refractivity contribution in [3.8, 4) is 5.75 Å². The number of phenolic OH excluding ortho intramolecular Hbond substituents is 1. The van der Waals surface area contributed by atoms with Gasteiger partial charge in [0.2, 0.25) is 0 Å². The standard InChI is InChI=1S/C12H14N4O2/c1-8-5-9(3-4-10(8)17)12(18)13-6-11-14-7-16(2)15-11/h3-5,7,17H,6H2,1-2H3,(H,13,18). The number of amides is 1. The first-order chi connectivity index (χ1) is 8.56. The van der Waals surface area contributed by atoms with Gasteiger partial charge in [0.05, 0.1) is 6.54 Å². The van der Waals surface area contributed by atoms with Gasteiger partial charge in [-0.15, -0.1) is 0 Å². The lowest BCUT2D eigenvalue weighted by Gasteiger charge is -2.04. The number of aryl methyl sites for hydroxylation is 2. The molecule has 0 fully saturated rings. The van der Waals surface area contributed by atoms with E-state index in [0.717, 1.165) is 0 Å². The van der Waals surface area contributed by atoms with Crippen molar-refractivity contribution in [2.24, 2.45) is 7.05 Å². The van der Waals surface area contributed by atoms with Gasteiger partial charge in [-0.3, -0.25) is 9.48 Å². The summed E-state index contributed by atoms with van der Waals surface area (Å²) in [5, 5.41) is 16.2. The van der Waals surface area contributed by atoms with Crippen LogP contribution in [0.5, 0.6) is 5.75 Å². The molecule has 2 rings (SSSR count). The Labute approximate surface area is 104 Å². The molecule has 0 saturated heterocycles. The van der Waals surface area contributed by atoms with E-state index in [0.29, 0.717) is 17.0 Å². The number of nitrogens with one attached hydrogen (secondary N) is 1. The number of nitrogens with zero attached hydrogens (tertiary/aromatic N) is 3. The van der Waals surface area contributed by atoms with E-state index in [2.05, 4.69) is 15.4 Å². The van der Waals surface area contributed by atoms with Crippen LogP contribution in [0.3, 0.4) is 0 Å². The number of hydrogen-bond donors (Lipinski definition) is 2. The van der Waals surface area contributed by atoms with E-state index in [1.54, 1.807) is 37.1 Å². The predicted octanol–water partition coefficient (Wildman–Crippen LogP) is 0.759. The normalized spacial score (nSPS) is 10.3. The lowest BCUT2D eigenvalue weighted by atomic mass is 10.1. The monoisotopic (exact) mass is 246 g/mol. The van der Waals surface area contributed by atoms with E-state index in [-0.39, 0.29) is 18.2 Å². The molecule has 1 heterocycles. The molecule has 94 valence electrons. The highest BCUT2D eigenvalue weighted by Crippen LogP contribution is 2.16. The number of carbonyl (C=O) groups is 1. The van der Waals surface area contributed by atoms with Crippen molar-refractivity contribution in [2.75, 3.05) is 0 Å². The molecule has 0 saturated carbocycles. The van der Waals surface area contributed by atoms with Crippen molar-refractivity contribution < 1.29 is 9.90 Å². The summed E-state index contributed by atoms with van der Waals surface area (Å²) in [6.07, 6.45) is 1.58. The van der Waals surface area contributed by atoms with Crippen LogP contribution < -0.4 is 5.32 Å². The van der Waals surface area contributed by atoms with Crippen LogP contribution >= 0.6 is 0 Å². The topological polar surface area (TPSA) is 80.0 Å². The number of hydrogen-bond acceptors (Lipinski definition) is 4. The second-order valence-corrected chi connectivity index (χ2v) is 4.02. The Morgan fingerprint density at radius 2 is 2.28 bits per heavy atom. The summed E-state index contributed by atoms with van der Waals surface area (Å²) in [5.41, 5.74) is 1.17. The van der Waals surface area contributed by atoms with Gasteiger partial charge in [-0.25, -0.2) is 4.98 Å². The SMILES string of the molecule is Cc1cc(C(=O)NCc2ncn(C)n2)ccc1O. The molecule has 18 heavy (non-hydrogen) atoms. The van der Waals surface area contributed by atoms with Crippen molar-refractivity contribution in [3.63, 3.8) is 0 Å². The molecule has 0 unspecified atom stereocenters. The van der Waals surface area contributed by atoms with Crippen molar-refractivity contribution in [3.05, 3.63) is 41.5 Å². The fraction of sp³-hybridized carbons (Fsp3) is 0.250. The van der Waals surface area contributed by atoms with Gasteiger partial charge in [0.25, 0.3) is 5.91 Å². The van der Waals surface area contributed by atoms with Gasteiger partial charge < -0.3 is 10.4 Å². The minimum absolute atomic E-state index is 0.179. The van der Waals surface area contributed by atoms with Crippen LogP contribution in [0.2, 0.25) is 0 Å². The summed E-state index contributed by atoms with van der Waals surface area (Å²) in [6, 6.07) is 4.71. The molecule has 2 N–H and O–H groups in total. The Kier molecular flexibility index (Phi) is 3.27. The summed E-state index contributed by atoms with van der Waals surface area (Å²) in [4.78, 5) is 15.8. The lowest BCUT2D eigenvalue weighted by Crippen LogP contribution is -2.23. The van der Waals surface area contributed by atoms with E-state index in [4.69, 9.17) is 0 Å². The Morgan fingerprint density at radius 3 is 2.89 bits per heavy atom. The fourth-order valence-corrected chi connectivity index (χ4v) is 1.52. The van der Waals surface area contributed by atoms with Gasteiger partial charge in [0, 0.05) is 12.6 Å². The summed E-state index contributed by atoms with van der Waals surface area (Å²) in [6.45, 7) is 2.02.